The van der Waals surface area contributed by atoms with Crippen LogP contribution in [0.3, 0.4) is 0 Å². The van der Waals surface area contributed by atoms with Crippen LogP contribution in [-0.2, 0) is 14.4 Å². The molecule has 0 radical (unpaired) electrons. The fourth-order valence-electron chi connectivity index (χ4n) is 6.43. The number of allylic oxidation sites excluding steroid dienone is 1. The highest BCUT2D eigenvalue weighted by atomic mass is 16.3. The largest absolute Gasteiger partial charge is 0.388 e. The van der Waals surface area contributed by atoms with Crippen LogP contribution in [0.25, 0.3) is 0 Å². The Morgan fingerprint density at radius 3 is 2.73 bits per heavy atom. The van der Waals surface area contributed by atoms with E-state index in [4.69, 9.17) is 0 Å². The van der Waals surface area contributed by atoms with Crippen molar-refractivity contribution in [3.63, 3.8) is 0 Å². The zero-order chi connectivity index (χ0) is 18.9. The predicted octanol–water partition coefficient (Wildman–Crippen LogP) is 1.03. The molecule has 0 amide bonds. The van der Waals surface area contributed by atoms with E-state index < -0.39 is 28.9 Å². The molecule has 2 N–H and O–H groups in total. The zero-order valence-corrected chi connectivity index (χ0v) is 15.2. The molecule has 1 aliphatic heterocycles. The summed E-state index contributed by atoms with van der Waals surface area (Å²) in [7, 11) is 0. The number of rotatable bonds is 2. The van der Waals surface area contributed by atoms with Crippen LogP contribution in [0.1, 0.15) is 46.0 Å². The number of hydrogen-bond acceptors (Lipinski definition) is 6. The van der Waals surface area contributed by atoms with Gasteiger partial charge in [-0.2, -0.15) is 0 Å². The molecule has 0 spiro atoms. The summed E-state index contributed by atoms with van der Waals surface area (Å²) in [6.45, 7) is 3.05. The van der Waals surface area contributed by atoms with Crippen LogP contribution < -0.4 is 0 Å². The first kappa shape index (κ1) is 17.7. The molecule has 0 saturated heterocycles. The van der Waals surface area contributed by atoms with E-state index in [2.05, 4.69) is 4.99 Å². The Kier molecular flexibility index (Phi) is 3.70. The molecule has 140 valence electrons. The van der Waals surface area contributed by atoms with E-state index in [1.165, 1.54) is 6.21 Å². The second-order valence-electron chi connectivity index (χ2n) is 8.81. The minimum absolute atomic E-state index is 0.000543. The average molecular weight is 359 g/mol. The summed E-state index contributed by atoms with van der Waals surface area (Å²) >= 11 is 0. The number of aliphatic hydroxyl groups is 2. The molecule has 4 aliphatic rings. The second-order valence-corrected chi connectivity index (χ2v) is 8.81. The third-order valence-electron chi connectivity index (χ3n) is 7.80. The number of dihydropyridines is 1. The monoisotopic (exact) mass is 359 g/mol. The van der Waals surface area contributed by atoms with Crippen LogP contribution in [0.4, 0.5) is 0 Å². The maximum atomic E-state index is 13.2. The van der Waals surface area contributed by atoms with Gasteiger partial charge < -0.3 is 10.2 Å². The molecule has 3 saturated carbocycles. The number of Topliss-reactive ketones (excluding diaryl/α,β-unsaturated/α-hetero) is 2. The lowest BCUT2D eigenvalue weighted by Gasteiger charge is -2.56. The molecular formula is C20H25NO5. The van der Waals surface area contributed by atoms with E-state index >= 15 is 0 Å². The van der Waals surface area contributed by atoms with Gasteiger partial charge in [-0.05, 0) is 56.1 Å². The van der Waals surface area contributed by atoms with Gasteiger partial charge in [-0.3, -0.25) is 19.4 Å². The van der Waals surface area contributed by atoms with Crippen LogP contribution in [0.2, 0.25) is 0 Å². The van der Waals surface area contributed by atoms with Crippen LogP contribution in [0, 0.1) is 23.2 Å². The molecule has 6 heteroatoms. The van der Waals surface area contributed by atoms with Gasteiger partial charge in [0.25, 0.3) is 0 Å². The van der Waals surface area contributed by atoms with E-state index in [1.54, 1.807) is 6.08 Å². The molecule has 0 aromatic heterocycles. The Morgan fingerprint density at radius 1 is 1.31 bits per heavy atom. The van der Waals surface area contributed by atoms with Crippen LogP contribution in [-0.4, -0.2) is 51.5 Å². The summed E-state index contributed by atoms with van der Waals surface area (Å²) < 4.78 is 0. The molecular weight excluding hydrogens is 334 g/mol. The fraction of sp³-hybridized carbons (Fsp3) is 0.700. The Labute approximate surface area is 152 Å². The quantitative estimate of drug-likeness (QED) is 0.766. The minimum Gasteiger partial charge on any atom is -0.388 e. The minimum atomic E-state index is -1.64. The first-order chi connectivity index (χ1) is 12.2. The molecule has 6 nitrogen and oxygen atoms in total. The lowest BCUT2D eigenvalue weighted by Crippen LogP contribution is -2.62. The maximum Gasteiger partial charge on any atom is 0.196 e. The molecule has 1 heterocycles. The van der Waals surface area contributed by atoms with Gasteiger partial charge in [0, 0.05) is 17.8 Å². The lowest BCUT2D eigenvalue weighted by molar-refractivity contribution is -0.167. The Morgan fingerprint density at radius 2 is 2.04 bits per heavy atom. The number of aliphatic imine (C=N–C) groups is 1. The number of aliphatic hydroxyl groups excluding tert-OH is 1. The van der Waals surface area contributed by atoms with Crippen LogP contribution >= 0.6 is 0 Å². The SMILES string of the molecule is C[C@]12N=CC(=O)C=C1CC[C@@H]1[C@@H]2C(=O)C[C@@]2(C)[C@H]1CC[C@]2(O)C(=O)CO. The molecule has 26 heavy (non-hydrogen) atoms. The number of fused-ring (bicyclic) bond motifs is 5. The zero-order valence-electron chi connectivity index (χ0n) is 15.2. The first-order valence-corrected chi connectivity index (χ1v) is 9.37. The van der Waals surface area contributed by atoms with Crippen molar-refractivity contribution in [2.24, 2.45) is 28.2 Å². The number of carbonyl (C=O) groups excluding carboxylic acids is 3. The molecule has 0 unspecified atom stereocenters. The van der Waals surface area contributed by atoms with Gasteiger partial charge in [0.05, 0.1) is 11.8 Å². The third kappa shape index (κ3) is 2.00. The summed E-state index contributed by atoms with van der Waals surface area (Å²) in [6.07, 6.45) is 5.43. The van der Waals surface area contributed by atoms with Gasteiger partial charge in [0.2, 0.25) is 0 Å². The summed E-state index contributed by atoms with van der Waals surface area (Å²) in [5.74, 6) is -0.993. The first-order valence-electron chi connectivity index (χ1n) is 9.37. The Bertz CT molecular complexity index is 770. The van der Waals surface area contributed by atoms with E-state index in [1.807, 2.05) is 13.8 Å². The van der Waals surface area contributed by atoms with Crippen molar-refractivity contribution in [1.82, 2.24) is 0 Å². The van der Waals surface area contributed by atoms with E-state index in [9.17, 15) is 24.6 Å². The van der Waals surface area contributed by atoms with E-state index in [-0.39, 0.29) is 42.2 Å². The number of ketones is 3. The normalized spacial score (nSPS) is 47.1. The van der Waals surface area contributed by atoms with Crippen molar-refractivity contribution >= 4 is 23.6 Å². The maximum absolute atomic E-state index is 13.2. The number of hydrogen-bond donors (Lipinski definition) is 2. The summed E-state index contributed by atoms with van der Waals surface area (Å²) in [6, 6.07) is 0. The third-order valence-corrected chi connectivity index (χ3v) is 7.80. The van der Waals surface area contributed by atoms with Crippen molar-refractivity contribution in [3.05, 3.63) is 11.6 Å². The number of carbonyl (C=O) groups is 3. The highest BCUT2D eigenvalue weighted by molar-refractivity contribution is 6.33. The smallest absolute Gasteiger partial charge is 0.196 e. The summed E-state index contributed by atoms with van der Waals surface area (Å²) in [4.78, 5) is 41.8. The van der Waals surface area contributed by atoms with E-state index in [0.717, 1.165) is 12.0 Å². The molecule has 0 aromatic carbocycles. The van der Waals surface area contributed by atoms with E-state index in [0.29, 0.717) is 12.8 Å². The van der Waals surface area contributed by atoms with Gasteiger partial charge in [0.15, 0.2) is 11.6 Å². The van der Waals surface area contributed by atoms with Gasteiger partial charge in [0.1, 0.15) is 18.0 Å². The van der Waals surface area contributed by atoms with Crippen molar-refractivity contribution in [2.75, 3.05) is 6.61 Å². The van der Waals surface area contributed by atoms with Gasteiger partial charge >= 0.3 is 0 Å². The predicted molar refractivity (Wildman–Crippen MR) is 93.7 cm³/mol. The van der Waals surface area contributed by atoms with Gasteiger partial charge in [-0.15, -0.1) is 0 Å². The Balaban J connectivity index is 1.76. The highest BCUT2D eigenvalue weighted by Gasteiger charge is 2.68. The molecule has 6 atom stereocenters. The molecule has 0 bridgehead atoms. The second kappa shape index (κ2) is 5.42. The van der Waals surface area contributed by atoms with Crippen LogP contribution in [0.15, 0.2) is 16.6 Å². The highest BCUT2D eigenvalue weighted by Crippen LogP contribution is 2.64. The fourth-order valence-corrected chi connectivity index (χ4v) is 6.43. The summed E-state index contributed by atoms with van der Waals surface area (Å²) in [5.41, 5.74) is -2.27. The van der Waals surface area contributed by atoms with Gasteiger partial charge in [-0.1, -0.05) is 6.92 Å². The van der Waals surface area contributed by atoms with Crippen molar-refractivity contribution in [1.29, 1.82) is 0 Å². The lowest BCUT2D eigenvalue weighted by atomic mass is 9.49. The summed E-state index contributed by atoms with van der Waals surface area (Å²) in [5, 5.41) is 20.4. The average Bonchev–Trinajstić information content (AvgIpc) is 2.86. The molecule has 3 fully saturated rings. The molecule has 3 aliphatic carbocycles. The van der Waals surface area contributed by atoms with Crippen molar-refractivity contribution in [2.45, 2.75) is 57.1 Å². The topological polar surface area (TPSA) is 104 Å². The van der Waals surface area contributed by atoms with Crippen molar-refractivity contribution < 1.29 is 24.6 Å². The molecule has 4 rings (SSSR count). The van der Waals surface area contributed by atoms with Crippen molar-refractivity contribution in [3.8, 4) is 0 Å². The van der Waals surface area contributed by atoms with Crippen LogP contribution in [0.5, 0.6) is 0 Å². The molecule has 0 aromatic rings. The van der Waals surface area contributed by atoms with Gasteiger partial charge in [-0.25, -0.2) is 0 Å². The standard InChI is InChI=1S/C20H25NO5/c1-18-8-15(24)17-13(14(18)5-6-20(18,26)16(25)10-22)4-3-11-7-12(23)9-21-19(11,17)2/h7,9,13-14,17,22,26H,3-6,8,10H2,1-2H3/t13-,14-,17+,18-,19-,20-/m0/s1. The Hall–Kier alpha value is -1.66. The number of nitrogens with zero attached hydrogens (tertiary/aromatic N) is 1.